The minimum absolute atomic E-state index is 0.0981. The van der Waals surface area contributed by atoms with Gasteiger partial charge in [0, 0.05) is 19.2 Å². The lowest BCUT2D eigenvalue weighted by Crippen LogP contribution is -2.29. The van der Waals surface area contributed by atoms with Crippen LogP contribution in [0.5, 0.6) is 0 Å². The Kier molecular flexibility index (Phi) is 5.28. The average Bonchev–Trinajstić information content (AvgIpc) is 2.37. The van der Waals surface area contributed by atoms with Crippen LogP contribution in [0.15, 0.2) is 12.1 Å². The van der Waals surface area contributed by atoms with Crippen LogP contribution in [0.4, 0.5) is 17.3 Å². The highest BCUT2D eigenvalue weighted by atomic mass is 16.6. The van der Waals surface area contributed by atoms with E-state index in [2.05, 4.69) is 10.4 Å². The second kappa shape index (κ2) is 6.72. The molecule has 0 aromatic carbocycles. The Balaban J connectivity index is 3.18. The van der Waals surface area contributed by atoms with E-state index in [1.807, 2.05) is 6.92 Å². The highest BCUT2D eigenvalue weighted by Crippen LogP contribution is 2.27. The predicted octanol–water partition coefficient (Wildman–Crippen LogP) is 0.484. The molecule has 0 unspecified atom stereocenters. The number of nitrogens with two attached hydrogens (primary N) is 1. The fraction of sp³-hybridized carbons (Fsp3) is 0.500. The van der Waals surface area contributed by atoms with Crippen LogP contribution in [0.3, 0.4) is 0 Å². The van der Waals surface area contributed by atoms with Crippen LogP contribution < -0.4 is 16.2 Å². The van der Waals surface area contributed by atoms with Gasteiger partial charge in [0.15, 0.2) is 0 Å². The zero-order chi connectivity index (χ0) is 13.5. The first-order valence-electron chi connectivity index (χ1n) is 5.61. The molecular formula is C10H17N5O3. The zero-order valence-corrected chi connectivity index (χ0v) is 10.2. The van der Waals surface area contributed by atoms with Gasteiger partial charge in [-0.3, -0.25) is 10.1 Å². The van der Waals surface area contributed by atoms with Gasteiger partial charge in [-0.05, 0) is 12.5 Å². The molecule has 0 saturated carbocycles. The number of nitro groups is 1. The SMILES string of the molecule is CCCN(CCO)c1nc(NN)ccc1[N+](=O)[O-]. The second-order valence-corrected chi connectivity index (χ2v) is 3.65. The van der Waals surface area contributed by atoms with Gasteiger partial charge in [0.05, 0.1) is 11.5 Å². The molecule has 1 aromatic rings. The summed E-state index contributed by atoms with van der Waals surface area (Å²) < 4.78 is 0. The molecule has 1 heterocycles. The van der Waals surface area contributed by atoms with Gasteiger partial charge in [-0.2, -0.15) is 0 Å². The van der Waals surface area contributed by atoms with Crippen molar-refractivity contribution in [2.45, 2.75) is 13.3 Å². The van der Waals surface area contributed by atoms with Gasteiger partial charge in [-0.15, -0.1) is 0 Å². The fourth-order valence-corrected chi connectivity index (χ4v) is 1.61. The third-order valence-electron chi connectivity index (χ3n) is 2.36. The molecule has 1 aromatic heterocycles. The van der Waals surface area contributed by atoms with Crippen molar-refractivity contribution in [3.63, 3.8) is 0 Å². The molecule has 0 fully saturated rings. The number of anilines is 2. The molecule has 0 aliphatic rings. The molecule has 0 aliphatic heterocycles. The summed E-state index contributed by atoms with van der Waals surface area (Å²) in [5.74, 6) is 5.80. The van der Waals surface area contributed by atoms with Crippen LogP contribution in [0.2, 0.25) is 0 Å². The van der Waals surface area contributed by atoms with Crippen molar-refractivity contribution < 1.29 is 10.0 Å². The van der Waals surface area contributed by atoms with Gasteiger partial charge in [-0.1, -0.05) is 6.92 Å². The number of nitrogen functional groups attached to an aromatic ring is 1. The monoisotopic (exact) mass is 255 g/mol. The number of pyridine rings is 1. The summed E-state index contributed by atoms with van der Waals surface area (Å²) in [5, 5.41) is 20.0. The average molecular weight is 255 g/mol. The summed E-state index contributed by atoms with van der Waals surface area (Å²) >= 11 is 0. The van der Waals surface area contributed by atoms with Crippen LogP contribution in [-0.4, -0.2) is 34.7 Å². The van der Waals surface area contributed by atoms with Crippen LogP contribution in [-0.2, 0) is 0 Å². The molecule has 1 rings (SSSR count). The summed E-state index contributed by atoms with van der Waals surface area (Å²) in [6.45, 7) is 2.71. The molecule has 0 amide bonds. The van der Waals surface area contributed by atoms with E-state index in [-0.39, 0.29) is 24.7 Å². The third-order valence-corrected chi connectivity index (χ3v) is 2.36. The Labute approximate surface area is 105 Å². The Hall–Kier alpha value is -1.93. The van der Waals surface area contributed by atoms with Crippen molar-refractivity contribution >= 4 is 17.3 Å². The lowest BCUT2D eigenvalue weighted by Gasteiger charge is -2.22. The van der Waals surface area contributed by atoms with Gasteiger partial charge in [0.2, 0.25) is 5.82 Å². The van der Waals surface area contributed by atoms with Crippen LogP contribution in [0.25, 0.3) is 0 Å². The van der Waals surface area contributed by atoms with E-state index in [4.69, 9.17) is 10.9 Å². The smallest absolute Gasteiger partial charge is 0.311 e. The first kappa shape index (κ1) is 14.1. The topological polar surface area (TPSA) is 118 Å². The molecule has 0 spiro atoms. The molecule has 0 saturated heterocycles. The first-order valence-corrected chi connectivity index (χ1v) is 5.61. The van der Waals surface area contributed by atoms with E-state index in [0.29, 0.717) is 12.4 Å². The number of hydrogen-bond acceptors (Lipinski definition) is 7. The summed E-state index contributed by atoms with van der Waals surface area (Å²) in [4.78, 5) is 16.2. The number of hydrazine groups is 1. The van der Waals surface area contributed by atoms with E-state index in [1.165, 1.54) is 12.1 Å². The van der Waals surface area contributed by atoms with E-state index in [9.17, 15) is 10.1 Å². The minimum Gasteiger partial charge on any atom is -0.395 e. The van der Waals surface area contributed by atoms with E-state index < -0.39 is 4.92 Å². The van der Waals surface area contributed by atoms with E-state index in [0.717, 1.165) is 6.42 Å². The van der Waals surface area contributed by atoms with Crippen molar-refractivity contribution in [3.05, 3.63) is 22.2 Å². The van der Waals surface area contributed by atoms with Crippen molar-refractivity contribution in [1.82, 2.24) is 4.98 Å². The first-order chi connectivity index (χ1) is 8.63. The summed E-state index contributed by atoms with van der Waals surface area (Å²) in [7, 11) is 0. The number of aliphatic hydroxyl groups excluding tert-OH is 1. The minimum atomic E-state index is -0.497. The number of aliphatic hydroxyl groups is 1. The molecule has 0 radical (unpaired) electrons. The lowest BCUT2D eigenvalue weighted by molar-refractivity contribution is -0.384. The normalized spacial score (nSPS) is 10.2. The van der Waals surface area contributed by atoms with Gasteiger partial charge in [0.1, 0.15) is 5.82 Å². The molecule has 100 valence electrons. The molecule has 0 bridgehead atoms. The number of nitrogens with one attached hydrogen (secondary N) is 1. The van der Waals surface area contributed by atoms with Crippen molar-refractivity contribution in [3.8, 4) is 0 Å². The van der Waals surface area contributed by atoms with E-state index >= 15 is 0 Å². The molecule has 18 heavy (non-hydrogen) atoms. The van der Waals surface area contributed by atoms with Crippen LogP contribution in [0.1, 0.15) is 13.3 Å². The Morgan fingerprint density at radius 1 is 1.56 bits per heavy atom. The van der Waals surface area contributed by atoms with Crippen molar-refractivity contribution in [2.24, 2.45) is 5.84 Å². The largest absolute Gasteiger partial charge is 0.395 e. The second-order valence-electron chi connectivity index (χ2n) is 3.65. The molecule has 8 nitrogen and oxygen atoms in total. The van der Waals surface area contributed by atoms with Crippen LogP contribution in [0, 0.1) is 10.1 Å². The zero-order valence-electron chi connectivity index (χ0n) is 10.2. The maximum Gasteiger partial charge on any atom is 0.311 e. The number of aromatic nitrogens is 1. The van der Waals surface area contributed by atoms with E-state index in [1.54, 1.807) is 4.90 Å². The molecular weight excluding hydrogens is 238 g/mol. The number of rotatable bonds is 7. The maximum atomic E-state index is 11.0. The number of hydrogen-bond donors (Lipinski definition) is 3. The fourth-order valence-electron chi connectivity index (χ4n) is 1.61. The lowest BCUT2D eigenvalue weighted by atomic mass is 10.3. The Bertz CT molecular complexity index is 406. The predicted molar refractivity (Wildman–Crippen MR) is 68.3 cm³/mol. The van der Waals surface area contributed by atoms with Crippen molar-refractivity contribution in [1.29, 1.82) is 0 Å². The third kappa shape index (κ3) is 3.28. The van der Waals surface area contributed by atoms with Gasteiger partial charge in [0.25, 0.3) is 0 Å². The summed E-state index contributed by atoms with van der Waals surface area (Å²) in [6, 6.07) is 2.78. The maximum absolute atomic E-state index is 11.0. The molecule has 0 atom stereocenters. The number of nitrogens with zero attached hydrogens (tertiary/aromatic N) is 3. The Morgan fingerprint density at radius 2 is 2.28 bits per heavy atom. The molecule has 4 N–H and O–H groups in total. The standard InChI is InChI=1S/C10H17N5O3/c1-2-5-14(6-7-16)10-8(15(17)18)3-4-9(12-10)13-11/h3-4,16H,2,5-7,11H2,1H3,(H,12,13). The summed E-state index contributed by atoms with van der Waals surface area (Å²) in [6.07, 6.45) is 0.791. The van der Waals surface area contributed by atoms with Crippen LogP contribution >= 0.6 is 0 Å². The van der Waals surface area contributed by atoms with Gasteiger partial charge in [-0.25, -0.2) is 10.8 Å². The van der Waals surface area contributed by atoms with Gasteiger partial charge >= 0.3 is 5.69 Å². The highest BCUT2D eigenvalue weighted by molar-refractivity contribution is 5.61. The van der Waals surface area contributed by atoms with Gasteiger partial charge < -0.3 is 15.4 Å². The highest BCUT2D eigenvalue weighted by Gasteiger charge is 2.21. The summed E-state index contributed by atoms with van der Waals surface area (Å²) in [5.41, 5.74) is 2.25. The Morgan fingerprint density at radius 3 is 2.78 bits per heavy atom. The molecule has 0 aliphatic carbocycles. The van der Waals surface area contributed by atoms with Crippen molar-refractivity contribution in [2.75, 3.05) is 30.0 Å². The quantitative estimate of drug-likeness (QED) is 0.368. The molecule has 8 heteroatoms.